The van der Waals surface area contributed by atoms with Gasteiger partial charge in [-0.15, -0.1) is 0 Å². The summed E-state index contributed by atoms with van der Waals surface area (Å²) in [6.45, 7) is 4.96. The predicted octanol–water partition coefficient (Wildman–Crippen LogP) is 3.27. The molecule has 2 aromatic rings. The number of nitrogens with one attached hydrogen (secondary N) is 1. The van der Waals surface area contributed by atoms with Gasteiger partial charge in [-0.3, -0.25) is 9.69 Å². The van der Waals surface area contributed by atoms with Crippen LogP contribution in [0.5, 0.6) is 0 Å². The van der Waals surface area contributed by atoms with E-state index in [1.165, 1.54) is 12.0 Å². The van der Waals surface area contributed by atoms with Gasteiger partial charge in [-0.05, 0) is 50.6 Å². The largest absolute Gasteiger partial charge is 0.355 e. The molecule has 0 spiro atoms. The van der Waals surface area contributed by atoms with Gasteiger partial charge in [-0.1, -0.05) is 37.3 Å². The number of fused-ring (bicyclic) bond motifs is 2. The average molecular weight is 381 g/mol. The molecule has 1 aromatic carbocycles. The summed E-state index contributed by atoms with van der Waals surface area (Å²) in [6.07, 6.45) is 11.9. The maximum absolute atomic E-state index is 13.5. The molecule has 0 radical (unpaired) electrons. The molecule has 0 aliphatic carbocycles. The van der Waals surface area contributed by atoms with E-state index in [0.29, 0.717) is 12.1 Å². The first-order chi connectivity index (χ1) is 13.7. The van der Waals surface area contributed by atoms with Gasteiger partial charge in [-0.2, -0.15) is 0 Å². The fraction of sp³-hybridized carbons (Fsp3) is 0.565. The zero-order chi connectivity index (χ0) is 19.4. The molecule has 28 heavy (non-hydrogen) atoms. The highest BCUT2D eigenvalue weighted by molar-refractivity contribution is 5.84. The first kappa shape index (κ1) is 19.2. The van der Waals surface area contributed by atoms with Gasteiger partial charge in [0, 0.05) is 37.6 Å². The lowest BCUT2D eigenvalue weighted by Gasteiger charge is -2.36. The maximum Gasteiger partial charge on any atom is 0.228 e. The average Bonchev–Trinajstić information content (AvgIpc) is 3.43. The third kappa shape index (κ3) is 3.72. The molecule has 2 bridgehead atoms. The second-order valence-corrected chi connectivity index (χ2v) is 8.42. The topological polar surface area (TPSA) is 50.2 Å². The van der Waals surface area contributed by atoms with Crippen LogP contribution in [0.4, 0.5) is 0 Å². The number of aryl methyl sites for hydroxylation is 1. The van der Waals surface area contributed by atoms with Crippen molar-refractivity contribution < 1.29 is 4.79 Å². The number of carbonyl (C=O) groups is 1. The number of rotatable bonds is 9. The van der Waals surface area contributed by atoms with Crippen molar-refractivity contribution in [3.8, 4) is 0 Å². The minimum Gasteiger partial charge on any atom is -0.355 e. The van der Waals surface area contributed by atoms with E-state index in [-0.39, 0.29) is 11.3 Å². The third-order valence-electron chi connectivity index (χ3n) is 6.61. The zero-order valence-electron chi connectivity index (χ0n) is 16.9. The fourth-order valence-corrected chi connectivity index (χ4v) is 5.44. The number of carbonyl (C=O) groups excluding carboxylic acids is 1. The number of imidazole rings is 1. The van der Waals surface area contributed by atoms with Crippen molar-refractivity contribution in [2.75, 3.05) is 13.1 Å². The Morgan fingerprint density at radius 2 is 2.11 bits per heavy atom. The van der Waals surface area contributed by atoms with E-state index in [4.69, 9.17) is 0 Å². The summed E-state index contributed by atoms with van der Waals surface area (Å²) >= 11 is 0. The summed E-state index contributed by atoms with van der Waals surface area (Å²) < 4.78 is 2.06. The van der Waals surface area contributed by atoms with E-state index in [0.717, 1.165) is 51.7 Å². The molecule has 0 saturated carbocycles. The van der Waals surface area contributed by atoms with Gasteiger partial charge in [0.1, 0.15) is 0 Å². The minimum absolute atomic E-state index is 0.260. The molecule has 1 amide bonds. The Hall–Kier alpha value is -2.14. The summed E-state index contributed by atoms with van der Waals surface area (Å²) in [5.74, 6) is 0.260. The molecule has 3 atom stereocenters. The van der Waals surface area contributed by atoms with Crippen molar-refractivity contribution in [3.63, 3.8) is 0 Å². The summed E-state index contributed by atoms with van der Waals surface area (Å²) in [6, 6.07) is 11.5. The van der Waals surface area contributed by atoms with Gasteiger partial charge >= 0.3 is 0 Å². The Kier molecular flexibility index (Phi) is 5.81. The smallest absolute Gasteiger partial charge is 0.228 e. The Morgan fingerprint density at radius 3 is 2.86 bits per heavy atom. The van der Waals surface area contributed by atoms with Crippen LogP contribution in [0.1, 0.15) is 44.6 Å². The fourth-order valence-electron chi connectivity index (χ4n) is 5.44. The van der Waals surface area contributed by atoms with E-state index in [1.807, 2.05) is 12.5 Å². The standard InChI is InChI=1S/C23H32N4O/c1-2-13-27-20-9-10-21(27)23(17-20,16-19-7-4-3-5-8-19)22(28)25-11-6-14-26-15-12-24-18-26/h3-5,7-8,12,15,18,20-21H,2,6,9-11,13-14,16-17H2,1H3,(H,25,28)/t20-,21+,23+/m0/s1. The van der Waals surface area contributed by atoms with Gasteiger partial charge in [-0.25, -0.2) is 4.98 Å². The molecule has 3 heterocycles. The van der Waals surface area contributed by atoms with Crippen LogP contribution in [0, 0.1) is 5.41 Å². The number of benzene rings is 1. The molecule has 5 nitrogen and oxygen atoms in total. The van der Waals surface area contributed by atoms with Crippen molar-refractivity contribution in [3.05, 3.63) is 54.6 Å². The molecule has 2 saturated heterocycles. The van der Waals surface area contributed by atoms with Gasteiger partial charge in [0.2, 0.25) is 5.91 Å². The van der Waals surface area contributed by atoms with Gasteiger partial charge < -0.3 is 9.88 Å². The van der Waals surface area contributed by atoms with Crippen LogP contribution < -0.4 is 5.32 Å². The molecule has 2 aliphatic heterocycles. The lowest BCUT2D eigenvalue weighted by atomic mass is 9.69. The lowest BCUT2D eigenvalue weighted by molar-refractivity contribution is -0.133. The molecule has 2 fully saturated rings. The van der Waals surface area contributed by atoms with Crippen LogP contribution in [0.3, 0.4) is 0 Å². The van der Waals surface area contributed by atoms with Gasteiger partial charge in [0.25, 0.3) is 0 Å². The number of hydrogen-bond acceptors (Lipinski definition) is 3. The molecule has 1 N–H and O–H groups in total. The quantitative estimate of drug-likeness (QED) is 0.680. The SMILES string of the molecule is CCCN1[C@H]2CC[C@@H]1[C@](Cc1ccccc1)(C(=O)NCCCn1ccnc1)C2. The van der Waals surface area contributed by atoms with Crippen molar-refractivity contribution in [2.24, 2.45) is 5.41 Å². The van der Waals surface area contributed by atoms with Crippen molar-refractivity contribution in [1.29, 1.82) is 0 Å². The molecular weight excluding hydrogens is 348 g/mol. The molecule has 2 aliphatic rings. The predicted molar refractivity (Wildman–Crippen MR) is 111 cm³/mol. The second kappa shape index (κ2) is 8.48. The summed E-state index contributed by atoms with van der Waals surface area (Å²) in [5, 5.41) is 3.30. The normalized spacial score (nSPS) is 26.6. The molecule has 5 heteroatoms. The van der Waals surface area contributed by atoms with E-state index >= 15 is 0 Å². The Bertz CT molecular complexity index is 760. The van der Waals surface area contributed by atoms with E-state index < -0.39 is 0 Å². The van der Waals surface area contributed by atoms with Crippen LogP contribution in [-0.2, 0) is 17.8 Å². The highest BCUT2D eigenvalue weighted by Crippen LogP contribution is 2.51. The Labute approximate surface area is 168 Å². The first-order valence-corrected chi connectivity index (χ1v) is 10.8. The summed E-state index contributed by atoms with van der Waals surface area (Å²) in [7, 11) is 0. The number of nitrogens with zero attached hydrogens (tertiary/aromatic N) is 3. The lowest BCUT2D eigenvalue weighted by Crippen LogP contribution is -2.50. The maximum atomic E-state index is 13.5. The van der Waals surface area contributed by atoms with Gasteiger partial charge in [0.05, 0.1) is 11.7 Å². The van der Waals surface area contributed by atoms with Crippen LogP contribution >= 0.6 is 0 Å². The molecule has 1 aromatic heterocycles. The van der Waals surface area contributed by atoms with Crippen LogP contribution in [0.2, 0.25) is 0 Å². The van der Waals surface area contributed by atoms with Crippen LogP contribution in [0.25, 0.3) is 0 Å². The monoisotopic (exact) mass is 380 g/mol. The molecule has 0 unspecified atom stereocenters. The van der Waals surface area contributed by atoms with Gasteiger partial charge in [0.15, 0.2) is 0 Å². The Balaban J connectivity index is 1.46. The molecule has 4 rings (SSSR count). The van der Waals surface area contributed by atoms with E-state index in [9.17, 15) is 4.79 Å². The molecular formula is C23H32N4O. The molecule has 150 valence electrons. The second-order valence-electron chi connectivity index (χ2n) is 8.42. The Morgan fingerprint density at radius 1 is 1.25 bits per heavy atom. The van der Waals surface area contributed by atoms with Crippen molar-refractivity contribution >= 4 is 5.91 Å². The van der Waals surface area contributed by atoms with Crippen molar-refractivity contribution in [1.82, 2.24) is 19.8 Å². The highest BCUT2D eigenvalue weighted by Gasteiger charge is 2.59. The number of hydrogen-bond donors (Lipinski definition) is 1. The van der Waals surface area contributed by atoms with Crippen LogP contribution in [-0.4, -0.2) is 45.5 Å². The van der Waals surface area contributed by atoms with Crippen molar-refractivity contribution in [2.45, 2.75) is 64.1 Å². The third-order valence-corrected chi connectivity index (χ3v) is 6.61. The van der Waals surface area contributed by atoms with E-state index in [2.05, 4.69) is 57.0 Å². The van der Waals surface area contributed by atoms with Crippen LogP contribution in [0.15, 0.2) is 49.1 Å². The number of amides is 1. The van der Waals surface area contributed by atoms with E-state index in [1.54, 1.807) is 6.20 Å². The number of aromatic nitrogens is 2. The zero-order valence-corrected chi connectivity index (χ0v) is 16.9. The first-order valence-electron chi connectivity index (χ1n) is 10.8. The highest BCUT2D eigenvalue weighted by atomic mass is 16.2. The summed E-state index contributed by atoms with van der Waals surface area (Å²) in [4.78, 5) is 20.2. The summed E-state index contributed by atoms with van der Waals surface area (Å²) in [5.41, 5.74) is 0.995. The minimum atomic E-state index is -0.283.